The average Bonchev–Trinajstić information content (AvgIpc) is 3.72. The third-order valence-electron chi connectivity index (χ3n) is 11.7. The van der Waals surface area contributed by atoms with Crippen LogP contribution >= 0.6 is 11.3 Å². The quantitative estimate of drug-likeness (QED) is 0.148. The molecular formula is C58H39NS. The number of thiophene rings is 1. The zero-order valence-electron chi connectivity index (χ0n) is 32.9. The lowest BCUT2D eigenvalue weighted by atomic mass is 9.91. The molecule has 1 nitrogen and oxygen atoms in total. The first kappa shape index (κ1) is 35.6. The van der Waals surface area contributed by atoms with E-state index in [9.17, 15) is 0 Å². The Balaban J connectivity index is 1.11. The highest BCUT2D eigenvalue weighted by Crippen LogP contribution is 2.48. The fourth-order valence-electron chi connectivity index (χ4n) is 8.70. The molecule has 0 amide bonds. The molecule has 0 radical (unpaired) electrons. The minimum atomic E-state index is 1.10. The highest BCUT2D eigenvalue weighted by molar-refractivity contribution is 7.26. The number of fused-ring (bicyclic) bond motifs is 4. The summed E-state index contributed by atoms with van der Waals surface area (Å²) in [5, 5.41) is 5.04. The van der Waals surface area contributed by atoms with E-state index >= 15 is 0 Å². The van der Waals surface area contributed by atoms with Gasteiger partial charge in [0.15, 0.2) is 0 Å². The van der Waals surface area contributed by atoms with Crippen molar-refractivity contribution in [2.75, 3.05) is 4.90 Å². The summed E-state index contributed by atoms with van der Waals surface area (Å²) in [6.07, 6.45) is 0. The van der Waals surface area contributed by atoms with Gasteiger partial charge in [-0.15, -0.1) is 11.3 Å². The molecule has 0 spiro atoms. The summed E-state index contributed by atoms with van der Waals surface area (Å²) in [6.45, 7) is 0. The molecule has 11 rings (SSSR count). The van der Waals surface area contributed by atoms with Crippen LogP contribution < -0.4 is 4.90 Å². The lowest BCUT2D eigenvalue weighted by molar-refractivity contribution is 1.30. The molecule has 0 N–H and O–H groups in total. The van der Waals surface area contributed by atoms with Crippen molar-refractivity contribution in [2.24, 2.45) is 0 Å². The second-order valence-corrected chi connectivity index (χ2v) is 16.3. The fourth-order valence-corrected chi connectivity index (χ4v) is 9.90. The van der Waals surface area contributed by atoms with E-state index in [4.69, 9.17) is 0 Å². The molecule has 0 aliphatic heterocycles. The maximum Gasteiger partial charge on any atom is 0.0640 e. The number of anilines is 3. The smallest absolute Gasteiger partial charge is 0.0640 e. The van der Waals surface area contributed by atoms with Crippen LogP contribution in [0.3, 0.4) is 0 Å². The molecular weight excluding hydrogens is 743 g/mol. The molecule has 1 aromatic heterocycles. The topological polar surface area (TPSA) is 3.24 Å². The van der Waals surface area contributed by atoms with Gasteiger partial charge >= 0.3 is 0 Å². The highest BCUT2D eigenvalue weighted by atomic mass is 32.1. The molecule has 11 aromatic rings. The van der Waals surface area contributed by atoms with E-state index in [-0.39, 0.29) is 0 Å². The molecule has 282 valence electrons. The van der Waals surface area contributed by atoms with E-state index in [1.807, 2.05) is 11.3 Å². The van der Waals surface area contributed by atoms with Crippen molar-refractivity contribution in [2.45, 2.75) is 0 Å². The second kappa shape index (κ2) is 15.3. The van der Waals surface area contributed by atoms with Crippen molar-refractivity contribution in [3.05, 3.63) is 237 Å². The summed E-state index contributed by atoms with van der Waals surface area (Å²) in [5.41, 5.74) is 15.3. The van der Waals surface area contributed by atoms with E-state index in [1.54, 1.807) is 0 Å². The number of hydrogen-bond acceptors (Lipinski definition) is 2. The molecule has 0 fully saturated rings. The Morgan fingerprint density at radius 1 is 0.283 bits per heavy atom. The zero-order chi connectivity index (χ0) is 39.8. The van der Waals surface area contributed by atoms with E-state index in [1.165, 1.54) is 86.6 Å². The van der Waals surface area contributed by atoms with Crippen LogP contribution in [0.2, 0.25) is 0 Å². The van der Waals surface area contributed by atoms with Gasteiger partial charge in [0.25, 0.3) is 0 Å². The van der Waals surface area contributed by atoms with Gasteiger partial charge in [0.1, 0.15) is 0 Å². The summed E-state index contributed by atoms with van der Waals surface area (Å²) in [4.78, 5) is 2.49. The number of benzene rings is 10. The van der Waals surface area contributed by atoms with Crippen LogP contribution in [-0.2, 0) is 0 Å². The molecule has 0 aliphatic carbocycles. The number of hydrogen-bond donors (Lipinski definition) is 0. The summed E-state index contributed by atoms with van der Waals surface area (Å²) in [6, 6.07) is 86.2. The standard InChI is InChI=1S/C58H39NS/c1-4-16-42(17-5-1)50-35-31-47(38-54(50)44-20-8-3-9-21-44)41-29-33-49(34-30-41)59(55-25-14-24-53-52-23-12-13-26-57(52)60-58(53)55)56-39-48(32-36-51(56)43-18-6-2-7-19-43)46-28-27-40-15-10-11-22-45(40)37-46/h1-39H. The van der Waals surface area contributed by atoms with Gasteiger partial charge in [-0.2, -0.15) is 0 Å². The molecule has 0 saturated carbocycles. The van der Waals surface area contributed by atoms with Crippen LogP contribution in [0.1, 0.15) is 0 Å². The highest BCUT2D eigenvalue weighted by Gasteiger charge is 2.22. The van der Waals surface area contributed by atoms with E-state index in [0.29, 0.717) is 0 Å². The Labute approximate surface area is 354 Å². The average molecular weight is 782 g/mol. The van der Waals surface area contributed by atoms with Gasteiger partial charge in [-0.25, -0.2) is 0 Å². The van der Waals surface area contributed by atoms with Gasteiger partial charge in [-0.05, 0) is 103 Å². The van der Waals surface area contributed by atoms with Crippen LogP contribution in [0.4, 0.5) is 17.1 Å². The molecule has 0 bridgehead atoms. The van der Waals surface area contributed by atoms with Crippen molar-refractivity contribution < 1.29 is 0 Å². The molecule has 2 heteroatoms. The summed E-state index contributed by atoms with van der Waals surface area (Å²) in [5.74, 6) is 0. The first-order valence-electron chi connectivity index (χ1n) is 20.5. The summed E-state index contributed by atoms with van der Waals surface area (Å²) in [7, 11) is 0. The Kier molecular flexibility index (Phi) is 9.11. The zero-order valence-corrected chi connectivity index (χ0v) is 33.7. The van der Waals surface area contributed by atoms with E-state index in [0.717, 1.165) is 17.1 Å². The monoisotopic (exact) mass is 781 g/mol. The van der Waals surface area contributed by atoms with Crippen LogP contribution in [0.5, 0.6) is 0 Å². The third kappa shape index (κ3) is 6.54. The van der Waals surface area contributed by atoms with Gasteiger partial charge < -0.3 is 4.90 Å². The molecule has 10 aromatic carbocycles. The first-order chi connectivity index (χ1) is 29.7. The lowest BCUT2D eigenvalue weighted by Crippen LogP contribution is -2.11. The lowest BCUT2D eigenvalue weighted by Gasteiger charge is -2.29. The molecule has 0 aliphatic rings. The van der Waals surface area contributed by atoms with Gasteiger partial charge in [-0.3, -0.25) is 0 Å². The molecule has 0 atom stereocenters. The van der Waals surface area contributed by atoms with Crippen molar-refractivity contribution in [1.82, 2.24) is 0 Å². The van der Waals surface area contributed by atoms with Gasteiger partial charge in [0.2, 0.25) is 0 Å². The van der Waals surface area contributed by atoms with Crippen molar-refractivity contribution in [3.63, 3.8) is 0 Å². The predicted molar refractivity (Wildman–Crippen MR) is 259 cm³/mol. The van der Waals surface area contributed by atoms with Crippen molar-refractivity contribution >= 4 is 59.3 Å². The second-order valence-electron chi connectivity index (χ2n) is 15.3. The Bertz CT molecular complexity index is 3290. The Hall–Kier alpha value is -7.52. The summed E-state index contributed by atoms with van der Waals surface area (Å²) >= 11 is 1.87. The molecule has 1 heterocycles. The molecule has 0 saturated heterocycles. The minimum Gasteiger partial charge on any atom is -0.308 e. The van der Waals surface area contributed by atoms with Gasteiger partial charge in [0, 0.05) is 26.7 Å². The van der Waals surface area contributed by atoms with E-state index in [2.05, 4.69) is 241 Å². The van der Waals surface area contributed by atoms with Gasteiger partial charge in [-0.1, -0.05) is 194 Å². The van der Waals surface area contributed by atoms with Crippen LogP contribution in [-0.4, -0.2) is 0 Å². The Morgan fingerprint density at radius 2 is 0.817 bits per heavy atom. The number of rotatable bonds is 8. The Morgan fingerprint density at radius 3 is 1.55 bits per heavy atom. The molecule has 0 unspecified atom stereocenters. The van der Waals surface area contributed by atoms with E-state index < -0.39 is 0 Å². The molecule has 60 heavy (non-hydrogen) atoms. The maximum absolute atomic E-state index is 2.49. The third-order valence-corrected chi connectivity index (χ3v) is 12.9. The van der Waals surface area contributed by atoms with Crippen molar-refractivity contribution in [3.8, 4) is 55.6 Å². The fraction of sp³-hybridized carbons (Fsp3) is 0. The van der Waals surface area contributed by atoms with Gasteiger partial charge in [0.05, 0.1) is 16.1 Å². The largest absolute Gasteiger partial charge is 0.308 e. The van der Waals surface area contributed by atoms with Crippen LogP contribution in [0, 0.1) is 0 Å². The maximum atomic E-state index is 2.49. The predicted octanol–water partition coefficient (Wildman–Crippen LogP) is 17.0. The SMILES string of the molecule is c1ccc(-c2ccc(-c3ccc(N(c4cc(-c5ccc6ccccc6c5)ccc4-c4ccccc4)c4cccc5c4sc4ccccc45)cc3)cc2-c2ccccc2)cc1. The van der Waals surface area contributed by atoms with Crippen LogP contribution in [0.25, 0.3) is 86.6 Å². The minimum absolute atomic E-state index is 1.10. The normalized spacial score (nSPS) is 11.3. The van der Waals surface area contributed by atoms with Crippen molar-refractivity contribution in [1.29, 1.82) is 0 Å². The summed E-state index contributed by atoms with van der Waals surface area (Å²) < 4.78 is 2.55. The van der Waals surface area contributed by atoms with Crippen LogP contribution in [0.15, 0.2) is 237 Å². The first-order valence-corrected chi connectivity index (χ1v) is 21.3. The number of nitrogens with zero attached hydrogens (tertiary/aromatic N) is 1.